The third-order valence-electron chi connectivity index (χ3n) is 2.61. The van der Waals surface area contributed by atoms with Crippen LogP contribution in [-0.4, -0.2) is 30.9 Å². The fraction of sp³-hybridized carbons (Fsp3) is 0.455. The van der Waals surface area contributed by atoms with Crippen molar-refractivity contribution in [3.8, 4) is 0 Å². The van der Waals surface area contributed by atoms with Crippen molar-refractivity contribution >= 4 is 42.3 Å². The number of hydrogen-bond acceptors (Lipinski definition) is 4. The van der Waals surface area contributed by atoms with Crippen molar-refractivity contribution in [2.45, 2.75) is 27.3 Å². The minimum atomic E-state index is 0.398. The number of hydrogen-bond donors (Lipinski definition) is 2. The number of nitrogens with zero attached hydrogens (tertiary/aromatic N) is 4. The zero-order valence-corrected chi connectivity index (χ0v) is 13.7. The Morgan fingerprint density at radius 3 is 2.50 bits per heavy atom. The molecule has 0 saturated carbocycles. The standard InChI is InChI=1S/C11H15ClN6S2/c1-6(2)5-17-9(12)8(7(3)16-17)4-13-18-10(19)14-15-11(18)20/h4,6H,5H2,1-3H3,(H,14,19)(H,15,20)/b13-4-. The van der Waals surface area contributed by atoms with E-state index in [9.17, 15) is 0 Å². The number of rotatable bonds is 4. The topological polar surface area (TPSA) is 66.7 Å². The summed E-state index contributed by atoms with van der Waals surface area (Å²) in [6, 6.07) is 0. The predicted molar refractivity (Wildman–Crippen MR) is 84.6 cm³/mol. The van der Waals surface area contributed by atoms with Gasteiger partial charge in [0.15, 0.2) is 0 Å². The third kappa shape index (κ3) is 3.08. The molecule has 2 rings (SSSR count). The van der Waals surface area contributed by atoms with Crippen LogP contribution in [0.3, 0.4) is 0 Å². The van der Waals surface area contributed by atoms with Gasteiger partial charge in [0.05, 0.1) is 17.5 Å². The van der Waals surface area contributed by atoms with E-state index in [-0.39, 0.29) is 0 Å². The first-order valence-corrected chi connectivity index (χ1v) is 7.26. The van der Waals surface area contributed by atoms with Gasteiger partial charge in [0.25, 0.3) is 0 Å². The highest BCUT2D eigenvalue weighted by molar-refractivity contribution is 7.72. The maximum absolute atomic E-state index is 6.33. The van der Waals surface area contributed by atoms with Crippen LogP contribution in [0.2, 0.25) is 5.15 Å². The molecule has 0 spiro atoms. The van der Waals surface area contributed by atoms with Crippen LogP contribution in [0.25, 0.3) is 0 Å². The van der Waals surface area contributed by atoms with Crippen LogP contribution in [0.4, 0.5) is 0 Å². The molecule has 6 nitrogen and oxygen atoms in total. The zero-order valence-electron chi connectivity index (χ0n) is 11.3. The summed E-state index contributed by atoms with van der Waals surface area (Å²) in [7, 11) is 0. The van der Waals surface area contributed by atoms with E-state index in [4.69, 9.17) is 36.0 Å². The first kappa shape index (κ1) is 15.1. The molecule has 0 amide bonds. The van der Waals surface area contributed by atoms with Crippen LogP contribution in [0.15, 0.2) is 5.10 Å². The SMILES string of the molecule is Cc1nn(CC(C)C)c(Cl)c1/C=N\n1c(=S)[nH][nH]c1=S. The van der Waals surface area contributed by atoms with Gasteiger partial charge in [-0.15, -0.1) is 0 Å². The summed E-state index contributed by atoms with van der Waals surface area (Å²) in [5.74, 6) is 0.462. The highest BCUT2D eigenvalue weighted by Crippen LogP contribution is 2.19. The van der Waals surface area contributed by atoms with Gasteiger partial charge in [-0.3, -0.25) is 14.9 Å². The molecule has 9 heteroatoms. The lowest BCUT2D eigenvalue weighted by atomic mass is 10.2. The van der Waals surface area contributed by atoms with Crippen LogP contribution < -0.4 is 0 Å². The average molecular weight is 331 g/mol. The van der Waals surface area contributed by atoms with E-state index >= 15 is 0 Å². The van der Waals surface area contributed by atoms with Gasteiger partial charge in [0.1, 0.15) is 5.15 Å². The molecule has 0 saturated heterocycles. The molecule has 0 radical (unpaired) electrons. The van der Waals surface area contributed by atoms with E-state index in [2.05, 4.69) is 34.2 Å². The number of aromatic amines is 2. The smallest absolute Gasteiger partial charge is 0.215 e. The van der Waals surface area contributed by atoms with Gasteiger partial charge in [-0.2, -0.15) is 14.9 Å². The van der Waals surface area contributed by atoms with E-state index in [0.29, 0.717) is 20.6 Å². The highest BCUT2D eigenvalue weighted by Gasteiger charge is 2.12. The Morgan fingerprint density at radius 2 is 1.95 bits per heavy atom. The number of halogens is 1. The molecule has 2 aromatic rings. The summed E-state index contributed by atoms with van der Waals surface area (Å²) >= 11 is 16.4. The Balaban J connectivity index is 2.37. The molecule has 0 aromatic carbocycles. The Morgan fingerprint density at radius 1 is 1.35 bits per heavy atom. The molecule has 0 atom stereocenters. The van der Waals surface area contributed by atoms with E-state index in [1.807, 2.05) is 6.92 Å². The average Bonchev–Trinajstić information content (AvgIpc) is 2.80. The molecule has 2 N–H and O–H groups in total. The lowest BCUT2D eigenvalue weighted by molar-refractivity contribution is 0.482. The molecule has 20 heavy (non-hydrogen) atoms. The Kier molecular flexibility index (Phi) is 4.56. The molecule has 2 heterocycles. The van der Waals surface area contributed by atoms with Crippen LogP contribution in [0.5, 0.6) is 0 Å². The van der Waals surface area contributed by atoms with Gasteiger partial charge in [-0.05, 0) is 37.3 Å². The second kappa shape index (κ2) is 6.02. The fourth-order valence-corrected chi connectivity index (χ4v) is 2.44. The summed E-state index contributed by atoms with van der Waals surface area (Å²) < 4.78 is 3.99. The Bertz CT molecular complexity index is 720. The van der Waals surface area contributed by atoms with Gasteiger partial charge in [-0.25, -0.2) is 0 Å². The minimum Gasteiger partial charge on any atom is -0.273 e. The third-order valence-corrected chi connectivity index (χ3v) is 3.56. The van der Waals surface area contributed by atoms with Crippen molar-refractivity contribution < 1.29 is 0 Å². The summed E-state index contributed by atoms with van der Waals surface area (Å²) in [4.78, 5) is 0. The monoisotopic (exact) mass is 330 g/mol. The maximum Gasteiger partial charge on any atom is 0.215 e. The fourth-order valence-electron chi connectivity index (χ4n) is 1.71. The summed E-state index contributed by atoms with van der Waals surface area (Å²) in [5, 5.41) is 14.6. The molecule has 0 unspecified atom stereocenters. The zero-order chi connectivity index (χ0) is 14.9. The van der Waals surface area contributed by atoms with Crippen LogP contribution in [0.1, 0.15) is 25.1 Å². The number of aryl methyl sites for hydroxylation is 1. The van der Waals surface area contributed by atoms with E-state index < -0.39 is 0 Å². The van der Waals surface area contributed by atoms with Crippen LogP contribution >= 0.6 is 36.0 Å². The number of H-pyrrole nitrogens is 2. The maximum atomic E-state index is 6.33. The van der Waals surface area contributed by atoms with Crippen LogP contribution in [-0.2, 0) is 6.54 Å². The second-order valence-electron chi connectivity index (χ2n) is 4.78. The minimum absolute atomic E-state index is 0.398. The van der Waals surface area contributed by atoms with E-state index in [1.165, 1.54) is 4.68 Å². The van der Waals surface area contributed by atoms with Gasteiger partial charge in [0, 0.05) is 6.54 Å². The molecule has 0 fully saturated rings. The molecule has 0 bridgehead atoms. The van der Waals surface area contributed by atoms with Gasteiger partial charge in [0.2, 0.25) is 9.54 Å². The number of aromatic nitrogens is 5. The number of nitrogens with one attached hydrogen (secondary N) is 2. The van der Waals surface area contributed by atoms with Gasteiger partial charge < -0.3 is 0 Å². The van der Waals surface area contributed by atoms with Crippen molar-refractivity contribution in [1.29, 1.82) is 0 Å². The van der Waals surface area contributed by atoms with Crippen molar-refractivity contribution in [2.24, 2.45) is 11.0 Å². The quantitative estimate of drug-likeness (QED) is 0.667. The van der Waals surface area contributed by atoms with Crippen LogP contribution in [0, 0.1) is 22.4 Å². The molecular weight excluding hydrogens is 316 g/mol. The molecule has 2 aromatic heterocycles. The highest BCUT2D eigenvalue weighted by atomic mass is 35.5. The normalized spacial score (nSPS) is 11.8. The van der Waals surface area contributed by atoms with Gasteiger partial charge in [-0.1, -0.05) is 25.4 Å². The van der Waals surface area contributed by atoms with Crippen molar-refractivity contribution in [2.75, 3.05) is 0 Å². The molecule has 0 aliphatic carbocycles. The van der Waals surface area contributed by atoms with Crippen molar-refractivity contribution in [1.82, 2.24) is 24.7 Å². The Labute approximate surface area is 131 Å². The lowest BCUT2D eigenvalue weighted by Crippen LogP contribution is -2.06. The Hall–Kier alpha value is -1.25. The summed E-state index contributed by atoms with van der Waals surface area (Å²) in [6.45, 7) is 6.87. The van der Waals surface area contributed by atoms with E-state index in [0.717, 1.165) is 17.8 Å². The second-order valence-corrected chi connectivity index (χ2v) is 5.91. The molecule has 0 aliphatic heterocycles. The largest absolute Gasteiger partial charge is 0.273 e. The molecule has 108 valence electrons. The first-order chi connectivity index (χ1) is 9.40. The van der Waals surface area contributed by atoms with Crippen molar-refractivity contribution in [3.05, 3.63) is 26.0 Å². The predicted octanol–water partition coefficient (Wildman–Crippen LogP) is 3.30. The first-order valence-electron chi connectivity index (χ1n) is 6.07. The summed E-state index contributed by atoms with van der Waals surface area (Å²) in [6.07, 6.45) is 1.62. The van der Waals surface area contributed by atoms with E-state index in [1.54, 1.807) is 10.9 Å². The summed E-state index contributed by atoms with van der Waals surface area (Å²) in [5.41, 5.74) is 1.58. The van der Waals surface area contributed by atoms with Gasteiger partial charge >= 0.3 is 0 Å². The molecule has 0 aliphatic rings. The molecular formula is C11H15ClN6S2. The van der Waals surface area contributed by atoms with Crippen molar-refractivity contribution in [3.63, 3.8) is 0 Å². The lowest BCUT2D eigenvalue weighted by Gasteiger charge is -2.05.